The smallest absolute Gasteiger partial charge is 0.0238 e. The van der Waals surface area contributed by atoms with Gasteiger partial charge in [0, 0.05) is 25.7 Å². The van der Waals surface area contributed by atoms with Gasteiger partial charge in [-0.05, 0) is 38.9 Å². The molecule has 0 aromatic heterocycles. The zero-order valence-corrected chi connectivity index (χ0v) is 10.7. The molecule has 1 heterocycles. The summed E-state index contributed by atoms with van der Waals surface area (Å²) >= 11 is 0. The van der Waals surface area contributed by atoms with Gasteiger partial charge in [-0.25, -0.2) is 0 Å². The summed E-state index contributed by atoms with van der Waals surface area (Å²) in [7, 11) is 4.43. The first-order valence-electron chi connectivity index (χ1n) is 6.13. The second-order valence-electron chi connectivity index (χ2n) is 5.40. The van der Waals surface area contributed by atoms with Gasteiger partial charge in [0.15, 0.2) is 0 Å². The van der Waals surface area contributed by atoms with Crippen molar-refractivity contribution in [1.82, 2.24) is 9.80 Å². The van der Waals surface area contributed by atoms with Crippen LogP contribution in [0.5, 0.6) is 0 Å². The minimum absolute atomic E-state index is 0.538. The number of likely N-dealkylation sites (tertiary alicyclic amines) is 1. The molecular weight excluding hydrogens is 186 g/mol. The normalized spacial score (nSPS) is 25.4. The van der Waals surface area contributed by atoms with Gasteiger partial charge in [-0.2, -0.15) is 0 Å². The Hall–Kier alpha value is -0.120. The molecule has 0 aliphatic carbocycles. The first-order valence-corrected chi connectivity index (χ1v) is 6.13. The van der Waals surface area contributed by atoms with E-state index in [0.717, 1.165) is 12.5 Å². The monoisotopic (exact) mass is 213 g/mol. The zero-order chi connectivity index (χ0) is 11.4. The average molecular weight is 213 g/mol. The van der Waals surface area contributed by atoms with E-state index >= 15 is 0 Å². The average Bonchev–Trinajstić information content (AvgIpc) is 2.51. The maximum Gasteiger partial charge on any atom is 0.0238 e. The molecule has 1 fully saturated rings. The van der Waals surface area contributed by atoms with Crippen LogP contribution in [0, 0.1) is 11.8 Å². The van der Waals surface area contributed by atoms with Gasteiger partial charge in [-0.3, -0.25) is 0 Å². The van der Waals surface area contributed by atoms with Crippen molar-refractivity contribution in [1.29, 1.82) is 0 Å². The van der Waals surface area contributed by atoms with Crippen LogP contribution in [0.15, 0.2) is 0 Å². The van der Waals surface area contributed by atoms with E-state index in [-0.39, 0.29) is 0 Å². The Labute approximate surface area is 94.6 Å². The molecular formula is C12H27N3. The minimum Gasteiger partial charge on any atom is -0.329 e. The summed E-state index contributed by atoms with van der Waals surface area (Å²) in [6.07, 6.45) is 1.34. The third kappa shape index (κ3) is 3.74. The summed E-state index contributed by atoms with van der Waals surface area (Å²) in [5, 5.41) is 0. The van der Waals surface area contributed by atoms with E-state index in [1.165, 1.54) is 26.1 Å². The molecule has 2 N–H and O–H groups in total. The molecule has 90 valence electrons. The Morgan fingerprint density at radius 1 is 1.47 bits per heavy atom. The van der Waals surface area contributed by atoms with Crippen molar-refractivity contribution in [3.63, 3.8) is 0 Å². The molecule has 0 amide bonds. The van der Waals surface area contributed by atoms with Crippen molar-refractivity contribution in [2.75, 3.05) is 40.3 Å². The van der Waals surface area contributed by atoms with Gasteiger partial charge < -0.3 is 15.5 Å². The second-order valence-corrected chi connectivity index (χ2v) is 5.40. The third-order valence-electron chi connectivity index (χ3n) is 3.61. The summed E-state index contributed by atoms with van der Waals surface area (Å²) < 4.78 is 0. The quantitative estimate of drug-likeness (QED) is 0.735. The maximum absolute atomic E-state index is 5.82. The number of rotatable bonds is 5. The first kappa shape index (κ1) is 12.9. The molecule has 1 aliphatic rings. The van der Waals surface area contributed by atoms with Crippen molar-refractivity contribution >= 4 is 0 Å². The lowest BCUT2D eigenvalue weighted by molar-refractivity contribution is 0.171. The van der Waals surface area contributed by atoms with Crippen LogP contribution in [0.2, 0.25) is 0 Å². The van der Waals surface area contributed by atoms with Crippen molar-refractivity contribution in [2.45, 2.75) is 26.3 Å². The van der Waals surface area contributed by atoms with Crippen LogP contribution in [0.4, 0.5) is 0 Å². The summed E-state index contributed by atoms with van der Waals surface area (Å²) in [5.74, 6) is 1.49. The zero-order valence-electron chi connectivity index (χ0n) is 10.7. The Morgan fingerprint density at radius 3 is 2.53 bits per heavy atom. The standard InChI is InChI=1S/C12H27N3/c1-10(2)12(7-13)15(4)9-11-5-6-14(3)8-11/h10-12H,5-9,13H2,1-4H3. The molecule has 0 aromatic rings. The van der Waals surface area contributed by atoms with Crippen LogP contribution >= 0.6 is 0 Å². The largest absolute Gasteiger partial charge is 0.329 e. The van der Waals surface area contributed by atoms with Crippen molar-refractivity contribution in [2.24, 2.45) is 17.6 Å². The fourth-order valence-electron chi connectivity index (χ4n) is 2.68. The van der Waals surface area contributed by atoms with Crippen LogP contribution in [0.3, 0.4) is 0 Å². The van der Waals surface area contributed by atoms with Crippen molar-refractivity contribution < 1.29 is 0 Å². The molecule has 0 aromatic carbocycles. The molecule has 0 bridgehead atoms. The highest BCUT2D eigenvalue weighted by Crippen LogP contribution is 2.17. The Balaban J connectivity index is 2.36. The van der Waals surface area contributed by atoms with Gasteiger partial charge in [0.2, 0.25) is 0 Å². The van der Waals surface area contributed by atoms with E-state index in [9.17, 15) is 0 Å². The highest BCUT2D eigenvalue weighted by atomic mass is 15.2. The number of hydrogen-bond acceptors (Lipinski definition) is 3. The Morgan fingerprint density at radius 2 is 2.13 bits per heavy atom. The molecule has 0 radical (unpaired) electrons. The fourth-order valence-corrected chi connectivity index (χ4v) is 2.68. The van der Waals surface area contributed by atoms with E-state index in [0.29, 0.717) is 12.0 Å². The van der Waals surface area contributed by atoms with Gasteiger partial charge in [0.1, 0.15) is 0 Å². The van der Waals surface area contributed by atoms with Gasteiger partial charge >= 0.3 is 0 Å². The van der Waals surface area contributed by atoms with Gasteiger partial charge in [0.05, 0.1) is 0 Å². The van der Waals surface area contributed by atoms with Gasteiger partial charge in [-0.1, -0.05) is 13.8 Å². The van der Waals surface area contributed by atoms with E-state index in [4.69, 9.17) is 5.73 Å². The van der Waals surface area contributed by atoms with E-state index in [1.54, 1.807) is 0 Å². The predicted octanol–water partition coefficient (Wildman–Crippen LogP) is 0.853. The van der Waals surface area contributed by atoms with E-state index < -0.39 is 0 Å². The SMILES string of the molecule is CC(C)C(CN)N(C)CC1CCN(C)C1. The molecule has 3 nitrogen and oxygen atoms in total. The molecule has 2 atom stereocenters. The molecule has 1 aliphatic heterocycles. The number of nitrogens with two attached hydrogens (primary N) is 1. The molecule has 0 spiro atoms. The van der Waals surface area contributed by atoms with Gasteiger partial charge in [0.25, 0.3) is 0 Å². The summed E-state index contributed by atoms with van der Waals surface area (Å²) in [6.45, 7) is 9.00. The molecule has 1 saturated heterocycles. The molecule has 2 unspecified atom stereocenters. The van der Waals surface area contributed by atoms with Crippen LogP contribution in [0.1, 0.15) is 20.3 Å². The number of nitrogens with zero attached hydrogens (tertiary/aromatic N) is 2. The Kier molecular flexibility index (Phi) is 5.03. The minimum atomic E-state index is 0.538. The van der Waals surface area contributed by atoms with Crippen LogP contribution < -0.4 is 5.73 Å². The first-order chi connectivity index (χ1) is 7.04. The highest BCUT2D eigenvalue weighted by Gasteiger charge is 2.24. The van der Waals surface area contributed by atoms with Crippen LogP contribution in [-0.4, -0.2) is 56.1 Å². The lowest BCUT2D eigenvalue weighted by Gasteiger charge is -2.32. The lowest BCUT2D eigenvalue weighted by Crippen LogP contribution is -2.44. The number of hydrogen-bond donors (Lipinski definition) is 1. The van der Waals surface area contributed by atoms with E-state index in [2.05, 4.69) is 37.7 Å². The third-order valence-corrected chi connectivity index (χ3v) is 3.61. The van der Waals surface area contributed by atoms with Crippen LogP contribution in [0.25, 0.3) is 0 Å². The summed E-state index contributed by atoms with van der Waals surface area (Å²) in [5.41, 5.74) is 5.82. The van der Waals surface area contributed by atoms with Crippen LogP contribution in [-0.2, 0) is 0 Å². The Bertz CT molecular complexity index is 182. The van der Waals surface area contributed by atoms with Gasteiger partial charge in [-0.15, -0.1) is 0 Å². The summed E-state index contributed by atoms with van der Waals surface area (Å²) in [6, 6.07) is 0.538. The summed E-state index contributed by atoms with van der Waals surface area (Å²) in [4.78, 5) is 4.87. The van der Waals surface area contributed by atoms with Crippen molar-refractivity contribution in [3.05, 3.63) is 0 Å². The second kappa shape index (κ2) is 5.83. The molecule has 3 heteroatoms. The van der Waals surface area contributed by atoms with E-state index in [1.807, 2.05) is 0 Å². The molecule has 0 saturated carbocycles. The fraction of sp³-hybridized carbons (Fsp3) is 1.00. The van der Waals surface area contributed by atoms with Crippen molar-refractivity contribution in [3.8, 4) is 0 Å². The maximum atomic E-state index is 5.82. The predicted molar refractivity (Wildman–Crippen MR) is 65.9 cm³/mol. The molecule has 1 rings (SSSR count). The highest BCUT2D eigenvalue weighted by molar-refractivity contribution is 4.79. The number of likely N-dealkylation sites (N-methyl/N-ethyl adjacent to an activating group) is 1. The lowest BCUT2D eigenvalue weighted by atomic mass is 10.0. The molecule has 15 heavy (non-hydrogen) atoms. The topological polar surface area (TPSA) is 32.5 Å².